The molecule has 1 aliphatic carbocycles. The smallest absolute Gasteiger partial charge is 0.150 e. The summed E-state index contributed by atoms with van der Waals surface area (Å²) in [6, 6.07) is 3.90. The van der Waals surface area contributed by atoms with Crippen LogP contribution in [0.5, 0.6) is 0 Å². The molecule has 92 valence electrons. The molecule has 1 aromatic rings. The first-order valence-electron chi connectivity index (χ1n) is 6.43. The first kappa shape index (κ1) is 12.2. The third kappa shape index (κ3) is 2.36. The first-order chi connectivity index (χ1) is 8.04. The Morgan fingerprint density at radius 3 is 2.29 bits per heavy atom. The molecular weight excluding hydrogens is 210 g/mol. The maximum Gasteiger partial charge on any atom is 0.150 e. The van der Waals surface area contributed by atoms with E-state index < -0.39 is 0 Å². The molecule has 0 spiro atoms. The Hall–Kier alpha value is -1.31. The fourth-order valence-corrected chi connectivity index (χ4v) is 2.50. The van der Waals surface area contributed by atoms with Crippen LogP contribution in [-0.2, 0) is 0 Å². The topological polar surface area (TPSA) is 43.1 Å². The lowest BCUT2D eigenvalue weighted by molar-refractivity contribution is 0.112. The van der Waals surface area contributed by atoms with E-state index in [2.05, 4.69) is 20.8 Å². The summed E-state index contributed by atoms with van der Waals surface area (Å²) in [7, 11) is 0. The number of nitrogen functional groups attached to an aromatic ring is 1. The highest BCUT2D eigenvalue weighted by Gasteiger charge is 2.30. The Morgan fingerprint density at radius 2 is 1.82 bits per heavy atom. The molecule has 0 aromatic heterocycles. The largest absolute Gasteiger partial charge is 0.398 e. The van der Waals surface area contributed by atoms with Gasteiger partial charge >= 0.3 is 0 Å². The van der Waals surface area contributed by atoms with E-state index in [0.717, 1.165) is 29.0 Å². The van der Waals surface area contributed by atoms with Crippen LogP contribution in [0.2, 0.25) is 0 Å². The van der Waals surface area contributed by atoms with Crippen LogP contribution in [0.15, 0.2) is 12.1 Å². The molecule has 0 saturated heterocycles. The number of benzene rings is 1. The highest BCUT2D eigenvalue weighted by molar-refractivity contribution is 5.78. The van der Waals surface area contributed by atoms with Crippen molar-refractivity contribution in [2.24, 2.45) is 5.92 Å². The lowest BCUT2D eigenvalue weighted by atomic mass is 9.88. The number of aldehydes is 1. The lowest BCUT2D eigenvalue weighted by Gasteiger charge is -2.19. The second kappa shape index (κ2) is 4.52. The summed E-state index contributed by atoms with van der Waals surface area (Å²) in [5.41, 5.74) is 10.2. The van der Waals surface area contributed by atoms with Crippen LogP contribution in [0.3, 0.4) is 0 Å². The highest BCUT2D eigenvalue weighted by Crippen LogP contribution is 2.45. The monoisotopic (exact) mass is 231 g/mol. The summed E-state index contributed by atoms with van der Waals surface area (Å²) in [6.45, 7) is 6.46. The van der Waals surface area contributed by atoms with E-state index in [1.165, 1.54) is 18.4 Å². The van der Waals surface area contributed by atoms with Crippen molar-refractivity contribution in [3.63, 3.8) is 0 Å². The predicted molar refractivity (Wildman–Crippen MR) is 71.5 cm³/mol. The van der Waals surface area contributed by atoms with Gasteiger partial charge in [0.25, 0.3) is 0 Å². The molecule has 1 saturated carbocycles. The second-order valence-electron chi connectivity index (χ2n) is 5.51. The van der Waals surface area contributed by atoms with Crippen molar-refractivity contribution in [2.75, 3.05) is 5.73 Å². The van der Waals surface area contributed by atoms with Crippen LogP contribution in [0.1, 0.15) is 66.9 Å². The van der Waals surface area contributed by atoms with Crippen LogP contribution in [0.4, 0.5) is 5.69 Å². The maximum atomic E-state index is 11.0. The molecule has 1 unspecified atom stereocenters. The molecule has 2 nitrogen and oxygen atoms in total. The third-order valence-corrected chi connectivity index (χ3v) is 3.84. The number of nitrogens with two attached hydrogens (primary N) is 1. The van der Waals surface area contributed by atoms with Gasteiger partial charge in [0.05, 0.1) is 0 Å². The van der Waals surface area contributed by atoms with Gasteiger partial charge in [-0.1, -0.05) is 20.8 Å². The molecule has 1 fully saturated rings. The predicted octanol–water partition coefficient (Wildman–Crippen LogP) is 3.72. The summed E-state index contributed by atoms with van der Waals surface area (Å²) in [5.74, 6) is 1.60. The summed E-state index contributed by atoms with van der Waals surface area (Å²) >= 11 is 0. The van der Waals surface area contributed by atoms with E-state index in [0.29, 0.717) is 11.8 Å². The number of anilines is 1. The van der Waals surface area contributed by atoms with Gasteiger partial charge in [-0.15, -0.1) is 0 Å². The minimum Gasteiger partial charge on any atom is -0.398 e. The molecule has 2 heteroatoms. The Kier molecular flexibility index (Phi) is 3.23. The van der Waals surface area contributed by atoms with E-state index in [1.807, 2.05) is 12.1 Å². The van der Waals surface area contributed by atoms with Crippen molar-refractivity contribution in [1.82, 2.24) is 0 Å². The number of hydrogen-bond acceptors (Lipinski definition) is 2. The average Bonchev–Trinajstić information content (AvgIpc) is 3.12. The van der Waals surface area contributed by atoms with Crippen LogP contribution in [0.25, 0.3) is 0 Å². The first-order valence-corrected chi connectivity index (χ1v) is 6.43. The van der Waals surface area contributed by atoms with E-state index in [1.54, 1.807) is 0 Å². The van der Waals surface area contributed by atoms with Crippen molar-refractivity contribution >= 4 is 12.0 Å². The van der Waals surface area contributed by atoms with Crippen LogP contribution in [-0.4, -0.2) is 6.29 Å². The van der Waals surface area contributed by atoms with Crippen LogP contribution >= 0.6 is 0 Å². The van der Waals surface area contributed by atoms with Gasteiger partial charge in [-0.2, -0.15) is 0 Å². The standard InChI is InChI=1S/C15H21NO/c1-9(2)13-6-11(8-17)7-14(15(13)16)10(3)12-4-5-12/h6-10,12H,4-5,16H2,1-3H3. The van der Waals surface area contributed by atoms with E-state index in [4.69, 9.17) is 5.73 Å². The van der Waals surface area contributed by atoms with E-state index in [-0.39, 0.29) is 0 Å². The van der Waals surface area contributed by atoms with Gasteiger partial charge in [0, 0.05) is 11.3 Å². The summed E-state index contributed by atoms with van der Waals surface area (Å²) in [6.07, 6.45) is 3.51. The molecule has 0 heterocycles. The molecule has 1 aromatic carbocycles. The van der Waals surface area contributed by atoms with E-state index >= 15 is 0 Å². The number of carbonyl (C=O) groups excluding carboxylic acids is 1. The van der Waals surface area contributed by atoms with Gasteiger partial charge in [0.1, 0.15) is 6.29 Å². The zero-order valence-electron chi connectivity index (χ0n) is 10.9. The number of carbonyl (C=O) groups is 1. The molecule has 0 bridgehead atoms. The Labute approximate surface area is 103 Å². The maximum absolute atomic E-state index is 11.0. The van der Waals surface area contributed by atoms with Gasteiger partial charge in [0.15, 0.2) is 0 Å². The normalized spacial score (nSPS) is 17.2. The molecule has 2 rings (SSSR count). The molecule has 1 atom stereocenters. The van der Waals surface area contributed by atoms with Crippen molar-refractivity contribution in [1.29, 1.82) is 0 Å². The highest BCUT2D eigenvalue weighted by atomic mass is 16.1. The molecule has 1 aliphatic rings. The lowest BCUT2D eigenvalue weighted by Crippen LogP contribution is -2.07. The minimum atomic E-state index is 0.361. The summed E-state index contributed by atoms with van der Waals surface area (Å²) < 4.78 is 0. The SMILES string of the molecule is CC(C)c1cc(C=O)cc(C(C)C2CC2)c1N. The van der Waals surface area contributed by atoms with Crippen molar-refractivity contribution in [3.05, 3.63) is 28.8 Å². The molecular formula is C15H21NO. The molecule has 17 heavy (non-hydrogen) atoms. The number of rotatable bonds is 4. The van der Waals surface area contributed by atoms with Gasteiger partial charge in [-0.3, -0.25) is 4.79 Å². The van der Waals surface area contributed by atoms with Crippen molar-refractivity contribution in [3.8, 4) is 0 Å². The van der Waals surface area contributed by atoms with Gasteiger partial charge < -0.3 is 5.73 Å². The zero-order valence-corrected chi connectivity index (χ0v) is 10.9. The minimum absolute atomic E-state index is 0.361. The van der Waals surface area contributed by atoms with Gasteiger partial charge in [-0.25, -0.2) is 0 Å². The van der Waals surface area contributed by atoms with Crippen LogP contribution < -0.4 is 5.73 Å². The van der Waals surface area contributed by atoms with Crippen molar-refractivity contribution in [2.45, 2.75) is 45.4 Å². The molecule has 0 radical (unpaired) electrons. The van der Waals surface area contributed by atoms with E-state index in [9.17, 15) is 4.79 Å². The van der Waals surface area contributed by atoms with Crippen LogP contribution in [0, 0.1) is 5.92 Å². The summed E-state index contributed by atoms with van der Waals surface area (Å²) in [4.78, 5) is 11.0. The Morgan fingerprint density at radius 1 is 1.24 bits per heavy atom. The second-order valence-corrected chi connectivity index (χ2v) is 5.51. The number of hydrogen-bond donors (Lipinski definition) is 1. The Balaban J connectivity index is 2.48. The molecule has 2 N–H and O–H groups in total. The molecule has 0 aliphatic heterocycles. The average molecular weight is 231 g/mol. The third-order valence-electron chi connectivity index (χ3n) is 3.84. The van der Waals surface area contributed by atoms with Crippen molar-refractivity contribution < 1.29 is 4.79 Å². The summed E-state index contributed by atoms with van der Waals surface area (Å²) in [5, 5.41) is 0. The molecule has 0 amide bonds. The van der Waals surface area contributed by atoms with Gasteiger partial charge in [-0.05, 0) is 53.9 Å². The van der Waals surface area contributed by atoms with Gasteiger partial charge in [0.2, 0.25) is 0 Å². The fraction of sp³-hybridized carbons (Fsp3) is 0.533. The quantitative estimate of drug-likeness (QED) is 0.634. The zero-order chi connectivity index (χ0) is 12.6. The Bertz CT molecular complexity index is 433. The fourth-order valence-electron chi connectivity index (χ4n) is 2.50.